The van der Waals surface area contributed by atoms with Crippen LogP contribution in [0.3, 0.4) is 0 Å². The normalized spacial score (nSPS) is 18.4. The molecule has 4 rings (SSSR count). The fourth-order valence-electron chi connectivity index (χ4n) is 2.91. The molecular weight excluding hydrogens is 304 g/mol. The van der Waals surface area contributed by atoms with Crippen molar-refractivity contribution in [2.45, 2.75) is 12.5 Å². The average molecular weight is 320 g/mol. The van der Waals surface area contributed by atoms with Crippen LogP contribution in [0.15, 0.2) is 10.7 Å². The first kappa shape index (κ1) is 15.0. The molecule has 2 saturated heterocycles. The van der Waals surface area contributed by atoms with E-state index < -0.39 is 0 Å². The number of anilines is 1. The number of carbonyl (C=O) groups excluding carboxylic acids is 1. The van der Waals surface area contributed by atoms with Crippen LogP contribution in [0, 0.1) is 6.92 Å². The Morgan fingerprint density at radius 2 is 2.13 bits per heavy atom. The van der Waals surface area contributed by atoms with Crippen LogP contribution in [-0.4, -0.2) is 69.7 Å². The Morgan fingerprint density at radius 1 is 1.43 bits per heavy atom. The van der Waals surface area contributed by atoms with E-state index in [2.05, 4.69) is 25.2 Å². The summed E-state index contributed by atoms with van der Waals surface area (Å²) in [6.07, 6.45) is 1.48. The SMILES string of the molecule is Cc1nc2c(N3CC4(CNC(=O)N4C)C3)ncnc2o1.O=CO. The first-order valence-electron chi connectivity index (χ1n) is 6.93. The van der Waals surface area contributed by atoms with E-state index in [0.29, 0.717) is 23.7 Å². The Labute approximate surface area is 131 Å². The minimum atomic E-state index is -0.250. The highest BCUT2D eigenvalue weighted by molar-refractivity contribution is 5.84. The molecule has 4 heterocycles. The number of hydrogen-bond donors (Lipinski definition) is 2. The predicted molar refractivity (Wildman–Crippen MR) is 79.1 cm³/mol. The van der Waals surface area contributed by atoms with E-state index >= 15 is 0 Å². The number of rotatable bonds is 1. The van der Waals surface area contributed by atoms with Crippen LogP contribution in [0.1, 0.15) is 5.89 Å². The highest BCUT2D eigenvalue weighted by Crippen LogP contribution is 2.35. The molecule has 2 aromatic heterocycles. The molecule has 10 heteroatoms. The molecule has 2 amide bonds. The second kappa shape index (κ2) is 5.38. The van der Waals surface area contributed by atoms with Gasteiger partial charge in [0.05, 0.1) is 5.54 Å². The van der Waals surface area contributed by atoms with E-state index in [0.717, 1.165) is 18.9 Å². The number of aromatic nitrogens is 3. The van der Waals surface area contributed by atoms with E-state index in [9.17, 15) is 4.79 Å². The third-order valence-electron chi connectivity index (χ3n) is 4.14. The summed E-state index contributed by atoms with van der Waals surface area (Å²) < 4.78 is 5.42. The zero-order valence-corrected chi connectivity index (χ0v) is 12.7. The van der Waals surface area contributed by atoms with Gasteiger partial charge in [0.25, 0.3) is 12.2 Å². The summed E-state index contributed by atoms with van der Waals surface area (Å²) >= 11 is 0. The number of oxazole rings is 1. The number of urea groups is 1. The van der Waals surface area contributed by atoms with Crippen LogP contribution in [-0.2, 0) is 4.79 Å². The fourth-order valence-corrected chi connectivity index (χ4v) is 2.91. The maximum absolute atomic E-state index is 11.6. The Bertz CT molecular complexity index is 754. The topological polar surface area (TPSA) is 125 Å². The van der Waals surface area contributed by atoms with Gasteiger partial charge in [0.1, 0.15) is 6.33 Å². The van der Waals surface area contributed by atoms with Gasteiger partial charge < -0.3 is 24.6 Å². The Kier molecular flexibility index (Phi) is 3.51. The van der Waals surface area contributed by atoms with Gasteiger partial charge in [0.15, 0.2) is 17.2 Å². The second-order valence-electron chi connectivity index (χ2n) is 5.49. The third kappa shape index (κ3) is 2.31. The highest BCUT2D eigenvalue weighted by atomic mass is 16.4. The third-order valence-corrected chi connectivity index (χ3v) is 4.14. The minimum Gasteiger partial charge on any atom is -0.483 e. The van der Waals surface area contributed by atoms with Gasteiger partial charge >= 0.3 is 6.03 Å². The Hall–Kier alpha value is -2.91. The first-order valence-corrected chi connectivity index (χ1v) is 6.93. The lowest BCUT2D eigenvalue weighted by molar-refractivity contribution is -0.122. The van der Waals surface area contributed by atoms with Gasteiger partial charge in [-0.05, 0) is 0 Å². The molecule has 2 aromatic rings. The van der Waals surface area contributed by atoms with Crippen LogP contribution in [0.4, 0.5) is 10.6 Å². The molecule has 0 aromatic carbocycles. The molecule has 0 radical (unpaired) electrons. The molecule has 0 atom stereocenters. The lowest BCUT2D eigenvalue weighted by Crippen LogP contribution is -2.69. The molecule has 10 nitrogen and oxygen atoms in total. The van der Waals surface area contributed by atoms with Crippen molar-refractivity contribution in [3.63, 3.8) is 0 Å². The number of fused-ring (bicyclic) bond motifs is 1. The van der Waals surface area contributed by atoms with Gasteiger partial charge in [-0.2, -0.15) is 4.98 Å². The smallest absolute Gasteiger partial charge is 0.317 e. The van der Waals surface area contributed by atoms with E-state index in [1.165, 1.54) is 6.33 Å². The number of nitrogens with zero attached hydrogens (tertiary/aromatic N) is 5. The van der Waals surface area contributed by atoms with Crippen LogP contribution in [0.5, 0.6) is 0 Å². The molecule has 2 N–H and O–H groups in total. The number of carboxylic acid groups (broad SMARTS) is 1. The van der Waals surface area contributed by atoms with Crippen LogP contribution in [0.2, 0.25) is 0 Å². The monoisotopic (exact) mass is 320 g/mol. The molecule has 23 heavy (non-hydrogen) atoms. The molecule has 0 saturated carbocycles. The van der Waals surface area contributed by atoms with Gasteiger partial charge in [-0.15, -0.1) is 0 Å². The Balaban J connectivity index is 0.000000485. The van der Waals surface area contributed by atoms with E-state index in [-0.39, 0.29) is 18.0 Å². The van der Waals surface area contributed by atoms with E-state index in [4.69, 9.17) is 14.3 Å². The van der Waals surface area contributed by atoms with Crippen molar-refractivity contribution in [2.24, 2.45) is 0 Å². The van der Waals surface area contributed by atoms with E-state index in [1.807, 2.05) is 7.05 Å². The van der Waals surface area contributed by atoms with Crippen molar-refractivity contribution < 1.29 is 19.1 Å². The highest BCUT2D eigenvalue weighted by Gasteiger charge is 2.52. The summed E-state index contributed by atoms with van der Waals surface area (Å²) in [5, 5.41) is 9.76. The summed E-state index contributed by atoms with van der Waals surface area (Å²) in [4.78, 5) is 36.5. The molecule has 0 unspecified atom stereocenters. The van der Waals surface area contributed by atoms with Crippen molar-refractivity contribution >= 4 is 29.6 Å². The zero-order valence-electron chi connectivity index (χ0n) is 12.7. The summed E-state index contributed by atoms with van der Waals surface area (Å²) in [6, 6.07) is -0.0187. The fraction of sp³-hybridized carbons (Fsp3) is 0.462. The lowest BCUT2D eigenvalue weighted by atomic mass is 9.89. The molecular formula is C13H16N6O4. The summed E-state index contributed by atoms with van der Waals surface area (Å²) in [5.41, 5.74) is 1.05. The molecule has 0 bridgehead atoms. The molecule has 0 aliphatic carbocycles. The van der Waals surface area contributed by atoms with Crippen molar-refractivity contribution in [1.29, 1.82) is 0 Å². The lowest BCUT2D eigenvalue weighted by Gasteiger charge is -2.50. The predicted octanol–water partition coefficient (Wildman–Crippen LogP) is -0.159. The van der Waals surface area contributed by atoms with Gasteiger partial charge in [-0.25, -0.2) is 14.8 Å². The second-order valence-corrected chi connectivity index (χ2v) is 5.49. The maximum Gasteiger partial charge on any atom is 0.317 e. The standard InChI is InChI=1S/C12H14N6O2.CH2O2/c1-7-16-8-9(14-6-15-10(8)20-7)18-4-12(5-18)3-13-11(19)17(12)2;2-1-3/h6H,3-5H2,1-2H3,(H,13,19);1H,(H,2,3). The quantitative estimate of drug-likeness (QED) is 0.694. The van der Waals surface area contributed by atoms with Crippen molar-refractivity contribution in [3.05, 3.63) is 12.2 Å². The van der Waals surface area contributed by atoms with Crippen LogP contribution < -0.4 is 10.2 Å². The van der Waals surface area contributed by atoms with Gasteiger partial charge in [-0.1, -0.05) is 0 Å². The number of carbonyl (C=O) groups is 2. The molecule has 1 spiro atoms. The van der Waals surface area contributed by atoms with Crippen molar-refractivity contribution in [3.8, 4) is 0 Å². The summed E-state index contributed by atoms with van der Waals surface area (Å²) in [5.74, 6) is 1.34. The summed E-state index contributed by atoms with van der Waals surface area (Å²) in [7, 11) is 1.83. The molecule has 2 aliphatic heterocycles. The minimum absolute atomic E-state index is 0.0187. The molecule has 2 aliphatic rings. The van der Waals surface area contributed by atoms with Crippen molar-refractivity contribution in [1.82, 2.24) is 25.2 Å². The average Bonchev–Trinajstić information content (AvgIpc) is 2.99. The van der Waals surface area contributed by atoms with Gasteiger partial charge in [-0.3, -0.25) is 4.79 Å². The number of hydrogen-bond acceptors (Lipinski definition) is 7. The zero-order chi connectivity index (χ0) is 16.6. The first-order chi connectivity index (χ1) is 11.0. The summed E-state index contributed by atoms with van der Waals surface area (Å²) in [6.45, 7) is 3.68. The molecule has 2 fully saturated rings. The number of amides is 2. The van der Waals surface area contributed by atoms with Crippen LogP contribution in [0.25, 0.3) is 11.2 Å². The number of nitrogens with one attached hydrogen (secondary N) is 1. The van der Waals surface area contributed by atoms with Crippen molar-refractivity contribution in [2.75, 3.05) is 31.6 Å². The Morgan fingerprint density at radius 3 is 2.74 bits per heavy atom. The van der Waals surface area contributed by atoms with Gasteiger partial charge in [0, 0.05) is 33.6 Å². The number of likely N-dealkylation sites (N-methyl/N-ethyl adjacent to an activating group) is 1. The van der Waals surface area contributed by atoms with E-state index in [1.54, 1.807) is 11.8 Å². The largest absolute Gasteiger partial charge is 0.483 e. The maximum atomic E-state index is 11.6. The number of aryl methyl sites for hydroxylation is 1. The van der Waals surface area contributed by atoms with Gasteiger partial charge in [0.2, 0.25) is 0 Å². The van der Waals surface area contributed by atoms with Crippen LogP contribution >= 0.6 is 0 Å². The molecule has 122 valence electrons.